The number of nitrogens with zero attached hydrogens (tertiary/aromatic N) is 1. The van der Waals surface area contributed by atoms with Gasteiger partial charge in [-0.25, -0.2) is 13.4 Å². The molecule has 0 saturated heterocycles. The second-order valence-corrected chi connectivity index (χ2v) is 10.2. The van der Waals surface area contributed by atoms with Gasteiger partial charge in [-0.1, -0.05) is 31.3 Å². The molecule has 8 heteroatoms. The molecule has 1 aromatic heterocycles. The number of carbonyl (C=O) groups is 1. The summed E-state index contributed by atoms with van der Waals surface area (Å²) >= 11 is 1.42. The monoisotopic (exact) mass is 432 g/mol. The molecule has 6 nitrogen and oxygen atoms in total. The van der Waals surface area contributed by atoms with E-state index in [1.54, 1.807) is 12.1 Å². The van der Waals surface area contributed by atoms with Crippen molar-refractivity contribution < 1.29 is 17.9 Å². The molecule has 29 heavy (non-hydrogen) atoms. The number of nitrogens with one attached hydrogen (secondary N) is 1. The van der Waals surface area contributed by atoms with Gasteiger partial charge in [-0.15, -0.1) is 0 Å². The zero-order valence-electron chi connectivity index (χ0n) is 16.6. The summed E-state index contributed by atoms with van der Waals surface area (Å²) in [6.45, 7) is 4.26. The Morgan fingerprint density at radius 1 is 1.17 bits per heavy atom. The second kappa shape index (κ2) is 8.92. The van der Waals surface area contributed by atoms with Crippen LogP contribution in [0.25, 0.3) is 10.2 Å². The van der Waals surface area contributed by atoms with Crippen LogP contribution < -0.4 is 10.1 Å². The molecule has 3 aromatic rings. The molecule has 2 aromatic carbocycles. The number of anilines is 1. The van der Waals surface area contributed by atoms with Crippen LogP contribution in [0.2, 0.25) is 0 Å². The van der Waals surface area contributed by atoms with E-state index in [-0.39, 0.29) is 29.4 Å². The zero-order chi connectivity index (χ0) is 21.0. The van der Waals surface area contributed by atoms with Gasteiger partial charge in [0.15, 0.2) is 15.0 Å². The first-order chi connectivity index (χ1) is 13.8. The third kappa shape index (κ3) is 5.33. The van der Waals surface area contributed by atoms with Gasteiger partial charge in [0, 0.05) is 6.42 Å². The molecule has 0 unspecified atom stereocenters. The molecule has 1 heterocycles. The number of carbonyl (C=O) groups excluding carboxylic acids is 1. The fraction of sp³-hybridized carbons (Fsp3) is 0.333. The van der Waals surface area contributed by atoms with Crippen molar-refractivity contribution in [2.24, 2.45) is 0 Å². The standard InChI is InChI=1S/C21H24N2O4S2/c1-14(2)15-6-11-18-19(13-15)28-21(22-18)23-20(24)5-4-12-29(25,26)17-9-7-16(27-3)8-10-17/h6-11,13-14H,4-5,12H2,1-3H3,(H,22,23,24). The maximum Gasteiger partial charge on any atom is 0.226 e. The normalized spacial score (nSPS) is 11.7. The third-order valence-electron chi connectivity index (χ3n) is 4.56. The Labute approximate surface area is 174 Å². The second-order valence-electron chi connectivity index (χ2n) is 7.05. The van der Waals surface area contributed by atoms with E-state index in [4.69, 9.17) is 4.74 Å². The van der Waals surface area contributed by atoms with Crippen molar-refractivity contribution >= 4 is 42.4 Å². The summed E-state index contributed by atoms with van der Waals surface area (Å²) in [5, 5.41) is 3.31. The lowest BCUT2D eigenvalue weighted by Crippen LogP contribution is -2.14. The minimum Gasteiger partial charge on any atom is -0.497 e. The summed E-state index contributed by atoms with van der Waals surface area (Å²) in [4.78, 5) is 16.9. The van der Waals surface area contributed by atoms with Gasteiger partial charge < -0.3 is 10.1 Å². The molecular weight excluding hydrogens is 408 g/mol. The SMILES string of the molecule is COc1ccc(S(=O)(=O)CCCC(=O)Nc2nc3ccc(C(C)C)cc3s2)cc1. The van der Waals surface area contributed by atoms with Gasteiger partial charge in [0.1, 0.15) is 5.75 Å². The van der Waals surface area contributed by atoms with Crippen LogP contribution in [-0.2, 0) is 14.6 Å². The molecule has 154 valence electrons. The summed E-state index contributed by atoms with van der Waals surface area (Å²) in [6, 6.07) is 12.3. The molecule has 0 fully saturated rings. The molecule has 1 N–H and O–H groups in total. The molecule has 0 atom stereocenters. The van der Waals surface area contributed by atoms with Gasteiger partial charge in [0.2, 0.25) is 5.91 Å². The lowest BCUT2D eigenvalue weighted by molar-refractivity contribution is -0.116. The fourth-order valence-electron chi connectivity index (χ4n) is 2.86. The fourth-order valence-corrected chi connectivity index (χ4v) is 5.10. The van der Waals surface area contributed by atoms with E-state index in [9.17, 15) is 13.2 Å². The predicted octanol–water partition coefficient (Wildman–Crippen LogP) is 4.62. The van der Waals surface area contributed by atoms with Gasteiger partial charge in [-0.3, -0.25) is 4.79 Å². The highest BCUT2D eigenvalue weighted by Crippen LogP contribution is 2.29. The van der Waals surface area contributed by atoms with Crippen LogP contribution in [-0.4, -0.2) is 32.2 Å². The number of methoxy groups -OCH3 is 1. The molecule has 0 aliphatic rings. The summed E-state index contributed by atoms with van der Waals surface area (Å²) in [5.74, 6) is 0.689. The van der Waals surface area contributed by atoms with Gasteiger partial charge in [-0.2, -0.15) is 0 Å². The topological polar surface area (TPSA) is 85.4 Å². The van der Waals surface area contributed by atoms with E-state index < -0.39 is 9.84 Å². The summed E-state index contributed by atoms with van der Waals surface area (Å²) < 4.78 is 30.8. The molecule has 0 spiro atoms. The van der Waals surface area contributed by atoms with Crippen molar-refractivity contribution in [3.63, 3.8) is 0 Å². The molecule has 0 aliphatic heterocycles. The Kier molecular flexibility index (Phi) is 6.54. The number of thiazole rings is 1. The zero-order valence-corrected chi connectivity index (χ0v) is 18.3. The summed E-state index contributed by atoms with van der Waals surface area (Å²) in [7, 11) is -1.91. The van der Waals surface area contributed by atoms with Crippen molar-refractivity contribution in [3.05, 3.63) is 48.0 Å². The highest BCUT2D eigenvalue weighted by atomic mass is 32.2. The van der Waals surface area contributed by atoms with Gasteiger partial charge >= 0.3 is 0 Å². The summed E-state index contributed by atoms with van der Waals surface area (Å²) in [5.41, 5.74) is 2.07. The molecular formula is C21H24N2O4S2. The van der Waals surface area contributed by atoms with Gasteiger partial charge in [-0.05, 0) is 54.3 Å². The Bertz CT molecular complexity index is 1100. The first kappa shape index (κ1) is 21.3. The van der Waals surface area contributed by atoms with Gasteiger partial charge in [0.25, 0.3) is 0 Å². The smallest absolute Gasteiger partial charge is 0.226 e. The van der Waals surface area contributed by atoms with Crippen LogP contribution in [0.1, 0.15) is 38.2 Å². The van der Waals surface area contributed by atoms with E-state index in [2.05, 4.69) is 30.2 Å². The first-order valence-corrected chi connectivity index (χ1v) is 11.8. The predicted molar refractivity (Wildman–Crippen MR) is 117 cm³/mol. The van der Waals surface area contributed by atoms with E-state index in [0.717, 1.165) is 10.2 Å². The highest BCUT2D eigenvalue weighted by Gasteiger charge is 2.16. The quantitative estimate of drug-likeness (QED) is 0.561. The van der Waals surface area contributed by atoms with E-state index >= 15 is 0 Å². The van der Waals surface area contributed by atoms with Crippen molar-refractivity contribution in [2.75, 3.05) is 18.2 Å². The Hall–Kier alpha value is -2.45. The number of rotatable bonds is 8. The largest absolute Gasteiger partial charge is 0.497 e. The molecule has 0 saturated carbocycles. The first-order valence-electron chi connectivity index (χ1n) is 9.35. The van der Waals surface area contributed by atoms with Crippen LogP contribution in [0, 0.1) is 0 Å². The Morgan fingerprint density at radius 2 is 1.90 bits per heavy atom. The maximum absolute atomic E-state index is 12.4. The number of benzene rings is 2. The van der Waals surface area contributed by atoms with Crippen LogP contribution >= 0.6 is 11.3 Å². The van der Waals surface area contributed by atoms with Crippen molar-refractivity contribution in [1.82, 2.24) is 4.98 Å². The van der Waals surface area contributed by atoms with Crippen LogP contribution in [0.5, 0.6) is 5.75 Å². The van der Waals surface area contributed by atoms with Crippen LogP contribution in [0.4, 0.5) is 5.13 Å². The maximum atomic E-state index is 12.4. The van der Waals surface area contributed by atoms with E-state index in [1.807, 2.05) is 12.1 Å². The molecule has 0 aliphatic carbocycles. The molecule has 1 amide bonds. The Morgan fingerprint density at radius 3 is 2.55 bits per heavy atom. The number of fused-ring (bicyclic) bond motifs is 1. The molecule has 3 rings (SSSR count). The molecule has 0 bridgehead atoms. The number of hydrogen-bond donors (Lipinski definition) is 1. The average Bonchev–Trinajstić information content (AvgIpc) is 3.09. The van der Waals surface area contributed by atoms with Crippen molar-refractivity contribution in [2.45, 2.75) is 37.5 Å². The number of ether oxygens (including phenoxy) is 1. The lowest BCUT2D eigenvalue weighted by atomic mass is 10.0. The average molecular weight is 433 g/mol. The van der Waals surface area contributed by atoms with E-state index in [0.29, 0.717) is 16.8 Å². The van der Waals surface area contributed by atoms with Crippen molar-refractivity contribution in [1.29, 1.82) is 0 Å². The van der Waals surface area contributed by atoms with Crippen LogP contribution in [0.15, 0.2) is 47.4 Å². The summed E-state index contributed by atoms with van der Waals surface area (Å²) in [6.07, 6.45) is 0.352. The van der Waals surface area contributed by atoms with Crippen LogP contribution in [0.3, 0.4) is 0 Å². The highest BCUT2D eigenvalue weighted by molar-refractivity contribution is 7.91. The lowest BCUT2D eigenvalue weighted by Gasteiger charge is -2.06. The van der Waals surface area contributed by atoms with E-state index in [1.165, 1.54) is 36.1 Å². The minimum atomic E-state index is -3.44. The number of amides is 1. The third-order valence-corrected chi connectivity index (χ3v) is 7.31. The molecule has 0 radical (unpaired) electrons. The number of sulfone groups is 1. The number of hydrogen-bond acceptors (Lipinski definition) is 6. The number of aromatic nitrogens is 1. The van der Waals surface area contributed by atoms with Crippen molar-refractivity contribution in [3.8, 4) is 5.75 Å². The van der Waals surface area contributed by atoms with Gasteiger partial charge in [0.05, 0.1) is 28.0 Å². The minimum absolute atomic E-state index is 0.0929. The Balaban J connectivity index is 1.56.